The van der Waals surface area contributed by atoms with Crippen LogP contribution in [0.15, 0.2) is 41.0 Å². The maximum Gasteiger partial charge on any atom is 0.314 e. The summed E-state index contributed by atoms with van der Waals surface area (Å²) in [5.74, 6) is -1.53. The van der Waals surface area contributed by atoms with E-state index in [4.69, 9.17) is 4.42 Å². The highest BCUT2D eigenvalue weighted by molar-refractivity contribution is 5.95. The van der Waals surface area contributed by atoms with Crippen LogP contribution in [0.3, 0.4) is 0 Å². The maximum atomic E-state index is 12.0. The molecule has 1 unspecified atom stereocenters. The third-order valence-corrected chi connectivity index (χ3v) is 3.26. The van der Waals surface area contributed by atoms with E-state index in [1.165, 1.54) is 13.2 Å². The van der Waals surface area contributed by atoms with Crippen LogP contribution in [0, 0.1) is 6.92 Å². The second-order valence-corrected chi connectivity index (χ2v) is 5.02. The third kappa shape index (κ3) is 3.28. The molecule has 0 saturated carbocycles. The highest BCUT2D eigenvalue weighted by Gasteiger charge is 2.37. The number of aliphatic carboxylic acids is 1. The standard InChI is InChI=1S/C15H16N2O4/c1-10-9-21-14(16-10)17-12(18)8-15(2,13(19)20)11-6-4-3-5-7-11/h3-7,9H,8H2,1-2H3,(H,19,20)(H,16,17,18). The Morgan fingerprint density at radius 2 is 2.00 bits per heavy atom. The Morgan fingerprint density at radius 1 is 1.33 bits per heavy atom. The zero-order valence-electron chi connectivity index (χ0n) is 11.8. The summed E-state index contributed by atoms with van der Waals surface area (Å²) in [6.07, 6.45) is 1.19. The number of aromatic nitrogens is 1. The first-order valence-corrected chi connectivity index (χ1v) is 6.43. The second-order valence-electron chi connectivity index (χ2n) is 5.02. The molecule has 0 aliphatic heterocycles. The van der Waals surface area contributed by atoms with Crippen molar-refractivity contribution in [3.05, 3.63) is 47.9 Å². The van der Waals surface area contributed by atoms with Crippen LogP contribution in [-0.2, 0) is 15.0 Å². The predicted molar refractivity (Wildman–Crippen MR) is 75.9 cm³/mol. The fourth-order valence-corrected chi connectivity index (χ4v) is 2.00. The van der Waals surface area contributed by atoms with Gasteiger partial charge in [0, 0.05) is 6.42 Å². The number of carbonyl (C=O) groups is 2. The fraction of sp³-hybridized carbons (Fsp3) is 0.267. The molecule has 2 aromatic rings. The summed E-state index contributed by atoms with van der Waals surface area (Å²) >= 11 is 0. The zero-order valence-corrected chi connectivity index (χ0v) is 11.8. The number of carboxylic acids is 1. The van der Waals surface area contributed by atoms with Crippen LogP contribution in [0.4, 0.5) is 6.01 Å². The Morgan fingerprint density at radius 3 is 2.52 bits per heavy atom. The molecule has 0 aliphatic carbocycles. The molecule has 0 aliphatic rings. The molecule has 6 heteroatoms. The molecule has 0 bridgehead atoms. The van der Waals surface area contributed by atoms with Gasteiger partial charge in [0.05, 0.1) is 11.1 Å². The number of nitrogens with one attached hydrogen (secondary N) is 1. The van der Waals surface area contributed by atoms with Crippen LogP contribution < -0.4 is 5.32 Å². The van der Waals surface area contributed by atoms with Crippen LogP contribution >= 0.6 is 0 Å². The highest BCUT2D eigenvalue weighted by atomic mass is 16.4. The lowest BCUT2D eigenvalue weighted by Gasteiger charge is -2.24. The molecule has 0 spiro atoms. The van der Waals surface area contributed by atoms with Gasteiger partial charge >= 0.3 is 12.0 Å². The van der Waals surface area contributed by atoms with Crippen LogP contribution in [0.25, 0.3) is 0 Å². The Balaban J connectivity index is 2.17. The lowest BCUT2D eigenvalue weighted by molar-refractivity contribution is -0.145. The first-order chi connectivity index (χ1) is 9.91. The van der Waals surface area contributed by atoms with Crippen LogP contribution in [0.2, 0.25) is 0 Å². The first kappa shape index (κ1) is 14.8. The normalized spacial score (nSPS) is 13.4. The number of oxazole rings is 1. The largest absolute Gasteiger partial charge is 0.481 e. The molecular weight excluding hydrogens is 272 g/mol. The number of aryl methyl sites for hydroxylation is 1. The van der Waals surface area contributed by atoms with Crippen molar-refractivity contribution in [3.8, 4) is 0 Å². The smallest absolute Gasteiger partial charge is 0.314 e. The summed E-state index contributed by atoms with van der Waals surface area (Å²) in [4.78, 5) is 27.6. The van der Waals surface area contributed by atoms with E-state index < -0.39 is 17.3 Å². The van der Waals surface area contributed by atoms with E-state index in [1.54, 1.807) is 37.3 Å². The molecule has 1 atom stereocenters. The van der Waals surface area contributed by atoms with E-state index in [0.29, 0.717) is 11.3 Å². The number of anilines is 1. The van der Waals surface area contributed by atoms with Crippen molar-refractivity contribution in [2.45, 2.75) is 25.7 Å². The van der Waals surface area contributed by atoms with E-state index in [9.17, 15) is 14.7 Å². The van der Waals surface area contributed by atoms with E-state index in [0.717, 1.165) is 0 Å². The van der Waals surface area contributed by atoms with Gasteiger partial charge in [-0.15, -0.1) is 0 Å². The molecular formula is C15H16N2O4. The molecule has 1 amide bonds. The molecule has 1 aromatic heterocycles. The van der Waals surface area contributed by atoms with E-state index in [-0.39, 0.29) is 12.4 Å². The van der Waals surface area contributed by atoms with Gasteiger partial charge in [0.25, 0.3) is 0 Å². The van der Waals surface area contributed by atoms with Crippen LogP contribution in [0.5, 0.6) is 0 Å². The van der Waals surface area contributed by atoms with Crippen molar-refractivity contribution in [2.75, 3.05) is 5.32 Å². The second kappa shape index (κ2) is 5.78. The van der Waals surface area contributed by atoms with E-state index in [1.807, 2.05) is 0 Å². The Bertz CT molecular complexity index is 651. The van der Waals surface area contributed by atoms with Crippen LogP contribution in [0.1, 0.15) is 24.6 Å². The SMILES string of the molecule is Cc1coc(NC(=O)CC(C)(C(=O)O)c2ccccc2)n1. The highest BCUT2D eigenvalue weighted by Crippen LogP contribution is 2.28. The monoisotopic (exact) mass is 288 g/mol. The molecule has 2 N–H and O–H groups in total. The molecule has 0 fully saturated rings. The Kier molecular flexibility index (Phi) is 4.07. The van der Waals surface area contributed by atoms with Crippen molar-refractivity contribution < 1.29 is 19.1 Å². The molecule has 21 heavy (non-hydrogen) atoms. The van der Waals surface area contributed by atoms with Gasteiger partial charge in [-0.1, -0.05) is 30.3 Å². The third-order valence-electron chi connectivity index (χ3n) is 3.26. The topological polar surface area (TPSA) is 92.4 Å². The number of hydrogen-bond donors (Lipinski definition) is 2. The molecule has 1 aromatic carbocycles. The number of nitrogens with zero attached hydrogens (tertiary/aromatic N) is 1. The first-order valence-electron chi connectivity index (χ1n) is 6.43. The zero-order chi connectivity index (χ0) is 15.5. The number of carbonyl (C=O) groups excluding carboxylic acids is 1. The van der Waals surface area contributed by atoms with Gasteiger partial charge in [-0.3, -0.25) is 14.9 Å². The lowest BCUT2D eigenvalue weighted by Crippen LogP contribution is -2.36. The summed E-state index contributed by atoms with van der Waals surface area (Å²) < 4.78 is 5.03. The quantitative estimate of drug-likeness (QED) is 0.881. The molecule has 0 radical (unpaired) electrons. The van der Waals surface area contributed by atoms with Crippen LogP contribution in [-0.4, -0.2) is 22.0 Å². The summed E-state index contributed by atoms with van der Waals surface area (Å²) in [6, 6.07) is 8.73. The van der Waals surface area contributed by atoms with Crippen molar-refractivity contribution in [1.82, 2.24) is 4.98 Å². The van der Waals surface area contributed by atoms with Gasteiger partial charge in [-0.05, 0) is 19.4 Å². The number of hydrogen-bond acceptors (Lipinski definition) is 4. The number of rotatable bonds is 5. The summed E-state index contributed by atoms with van der Waals surface area (Å²) in [6.45, 7) is 3.25. The maximum absolute atomic E-state index is 12.0. The summed E-state index contributed by atoms with van der Waals surface area (Å²) in [7, 11) is 0. The predicted octanol–water partition coefficient (Wildman–Crippen LogP) is 2.35. The Labute approximate surface area is 121 Å². The van der Waals surface area contributed by atoms with Crippen molar-refractivity contribution >= 4 is 17.9 Å². The van der Waals surface area contributed by atoms with Gasteiger partial charge in [0.1, 0.15) is 6.26 Å². The van der Waals surface area contributed by atoms with Gasteiger partial charge in [-0.2, -0.15) is 4.98 Å². The number of benzene rings is 1. The van der Waals surface area contributed by atoms with Gasteiger partial charge in [0.15, 0.2) is 0 Å². The minimum Gasteiger partial charge on any atom is -0.481 e. The molecule has 6 nitrogen and oxygen atoms in total. The number of carboxylic acid groups (broad SMARTS) is 1. The average Bonchev–Trinajstić information content (AvgIpc) is 2.84. The molecule has 110 valence electrons. The minimum atomic E-state index is -1.31. The molecule has 0 saturated heterocycles. The minimum absolute atomic E-state index is 0.0679. The number of amides is 1. The summed E-state index contributed by atoms with van der Waals surface area (Å²) in [5.41, 5.74) is -0.113. The van der Waals surface area contributed by atoms with Gasteiger partial charge in [0.2, 0.25) is 5.91 Å². The Hall–Kier alpha value is -2.63. The van der Waals surface area contributed by atoms with Crippen molar-refractivity contribution in [2.24, 2.45) is 0 Å². The van der Waals surface area contributed by atoms with E-state index in [2.05, 4.69) is 10.3 Å². The van der Waals surface area contributed by atoms with Gasteiger partial charge in [-0.25, -0.2) is 0 Å². The molecule has 2 rings (SSSR count). The van der Waals surface area contributed by atoms with E-state index >= 15 is 0 Å². The molecule has 1 heterocycles. The summed E-state index contributed by atoms with van der Waals surface area (Å²) in [5, 5.41) is 11.9. The lowest BCUT2D eigenvalue weighted by atomic mass is 9.79. The van der Waals surface area contributed by atoms with Gasteiger partial charge < -0.3 is 9.52 Å². The average molecular weight is 288 g/mol. The van der Waals surface area contributed by atoms with Crippen molar-refractivity contribution in [1.29, 1.82) is 0 Å². The fourth-order valence-electron chi connectivity index (χ4n) is 2.00. The van der Waals surface area contributed by atoms with Crippen molar-refractivity contribution in [3.63, 3.8) is 0 Å².